The molecule has 0 fully saturated rings. The Kier molecular flexibility index (Phi) is 1.58. The van der Waals surface area contributed by atoms with Crippen LogP contribution >= 0.6 is 0 Å². The van der Waals surface area contributed by atoms with E-state index in [1.54, 1.807) is 10.9 Å². The van der Waals surface area contributed by atoms with Crippen molar-refractivity contribution in [1.82, 2.24) is 14.8 Å². The van der Waals surface area contributed by atoms with E-state index in [9.17, 15) is 0 Å². The molecule has 0 saturated heterocycles. The van der Waals surface area contributed by atoms with E-state index < -0.39 is 0 Å². The predicted octanol–water partition coefficient (Wildman–Crippen LogP) is 0.966. The number of aromatic nitrogens is 3. The number of hydrogen-bond donors (Lipinski definition) is 1. The van der Waals surface area contributed by atoms with Crippen molar-refractivity contribution in [3.05, 3.63) is 18.1 Å². The zero-order valence-corrected chi connectivity index (χ0v) is 7.48. The summed E-state index contributed by atoms with van der Waals surface area (Å²) in [7, 11) is 1.87. The lowest BCUT2D eigenvalue weighted by atomic mass is 10.3. The first-order valence-electron chi connectivity index (χ1n) is 3.89. The van der Waals surface area contributed by atoms with Crippen molar-refractivity contribution >= 4 is 5.88 Å². The lowest BCUT2D eigenvalue weighted by Gasteiger charge is -1.94. The molecule has 0 aliphatic rings. The molecule has 0 saturated carbocycles. The Morgan fingerprint density at radius 3 is 2.69 bits per heavy atom. The first-order chi connectivity index (χ1) is 6.18. The lowest BCUT2D eigenvalue weighted by molar-refractivity contribution is 0.593. The minimum atomic E-state index is 0.318. The largest absolute Gasteiger partial charge is 0.421 e. The van der Waals surface area contributed by atoms with Crippen molar-refractivity contribution in [2.24, 2.45) is 7.05 Å². The fourth-order valence-electron chi connectivity index (χ4n) is 1.12. The normalized spacial score (nSPS) is 10.6. The van der Waals surface area contributed by atoms with Gasteiger partial charge in [-0.1, -0.05) is 0 Å². The van der Waals surface area contributed by atoms with Crippen molar-refractivity contribution in [3.8, 4) is 11.5 Å². The van der Waals surface area contributed by atoms with Crippen LogP contribution in [0.2, 0.25) is 0 Å². The topological polar surface area (TPSA) is 69.9 Å². The monoisotopic (exact) mass is 178 g/mol. The summed E-state index contributed by atoms with van der Waals surface area (Å²) >= 11 is 0. The number of rotatable bonds is 1. The molecule has 0 aliphatic heterocycles. The molecular formula is C8H10N4O. The van der Waals surface area contributed by atoms with Gasteiger partial charge in [-0.2, -0.15) is 5.10 Å². The molecular weight excluding hydrogens is 168 g/mol. The van der Waals surface area contributed by atoms with Crippen LogP contribution in [-0.4, -0.2) is 14.8 Å². The fourth-order valence-corrected chi connectivity index (χ4v) is 1.12. The van der Waals surface area contributed by atoms with E-state index in [2.05, 4.69) is 10.1 Å². The summed E-state index contributed by atoms with van der Waals surface area (Å²) < 4.78 is 6.94. The summed E-state index contributed by atoms with van der Waals surface area (Å²) in [4.78, 5) is 4.02. The molecule has 0 spiro atoms. The summed E-state index contributed by atoms with van der Waals surface area (Å²) in [6.45, 7) is 1.95. The minimum Gasteiger partial charge on any atom is -0.421 e. The SMILES string of the molecule is Cc1c(-c2ncc(N)o2)cnn1C. The van der Waals surface area contributed by atoms with E-state index in [1.807, 2.05) is 14.0 Å². The molecule has 2 aromatic heterocycles. The van der Waals surface area contributed by atoms with Crippen molar-refractivity contribution in [1.29, 1.82) is 0 Å². The van der Waals surface area contributed by atoms with Crippen LogP contribution in [0.15, 0.2) is 16.8 Å². The number of nitrogen functional groups attached to an aromatic ring is 1. The van der Waals surface area contributed by atoms with Crippen LogP contribution in [0.1, 0.15) is 5.69 Å². The van der Waals surface area contributed by atoms with Gasteiger partial charge >= 0.3 is 0 Å². The standard InChI is InChI=1S/C8H10N4O/c1-5-6(3-11-12(5)2)8-10-4-7(9)13-8/h3-4H,9H2,1-2H3. The van der Waals surface area contributed by atoms with Crippen LogP contribution in [0, 0.1) is 6.92 Å². The maximum Gasteiger partial charge on any atom is 0.232 e. The van der Waals surface area contributed by atoms with Crippen molar-refractivity contribution in [2.75, 3.05) is 5.73 Å². The summed E-state index contributed by atoms with van der Waals surface area (Å²) in [6, 6.07) is 0. The van der Waals surface area contributed by atoms with Gasteiger partial charge in [0, 0.05) is 12.7 Å². The smallest absolute Gasteiger partial charge is 0.232 e. The van der Waals surface area contributed by atoms with E-state index in [0.717, 1.165) is 11.3 Å². The molecule has 0 bridgehead atoms. The van der Waals surface area contributed by atoms with Crippen molar-refractivity contribution in [2.45, 2.75) is 6.92 Å². The second-order valence-electron chi connectivity index (χ2n) is 2.84. The molecule has 68 valence electrons. The molecule has 2 aromatic rings. The average molecular weight is 178 g/mol. The molecule has 0 aliphatic carbocycles. The van der Waals surface area contributed by atoms with Crippen LogP contribution < -0.4 is 5.73 Å². The highest BCUT2D eigenvalue weighted by Crippen LogP contribution is 2.22. The van der Waals surface area contributed by atoms with Crippen LogP contribution in [0.4, 0.5) is 5.88 Å². The van der Waals surface area contributed by atoms with Gasteiger partial charge in [-0.05, 0) is 6.92 Å². The highest BCUT2D eigenvalue weighted by Gasteiger charge is 2.10. The molecule has 13 heavy (non-hydrogen) atoms. The first kappa shape index (κ1) is 7.85. The second kappa shape index (κ2) is 2.62. The molecule has 0 radical (unpaired) electrons. The zero-order valence-electron chi connectivity index (χ0n) is 7.48. The Balaban J connectivity index is 2.52. The number of aryl methyl sites for hydroxylation is 1. The summed E-state index contributed by atoms with van der Waals surface area (Å²) in [5, 5.41) is 4.08. The van der Waals surface area contributed by atoms with Gasteiger partial charge < -0.3 is 10.2 Å². The number of hydrogen-bond acceptors (Lipinski definition) is 4. The minimum absolute atomic E-state index is 0.318. The van der Waals surface area contributed by atoms with Gasteiger partial charge in [-0.25, -0.2) is 4.98 Å². The molecule has 0 unspecified atom stereocenters. The van der Waals surface area contributed by atoms with Crippen molar-refractivity contribution in [3.63, 3.8) is 0 Å². The van der Waals surface area contributed by atoms with E-state index in [4.69, 9.17) is 10.2 Å². The Labute approximate surface area is 75.2 Å². The van der Waals surface area contributed by atoms with Gasteiger partial charge in [0.2, 0.25) is 11.8 Å². The lowest BCUT2D eigenvalue weighted by Crippen LogP contribution is -1.92. The van der Waals surface area contributed by atoms with Gasteiger partial charge in [-0.3, -0.25) is 4.68 Å². The Morgan fingerprint density at radius 2 is 2.23 bits per heavy atom. The predicted molar refractivity (Wildman–Crippen MR) is 47.9 cm³/mol. The molecule has 5 heteroatoms. The summed E-state index contributed by atoms with van der Waals surface area (Å²) in [5.74, 6) is 0.835. The third kappa shape index (κ3) is 1.18. The molecule has 5 nitrogen and oxygen atoms in total. The van der Waals surface area contributed by atoms with E-state index >= 15 is 0 Å². The van der Waals surface area contributed by atoms with E-state index in [1.165, 1.54) is 6.20 Å². The van der Waals surface area contributed by atoms with Crippen molar-refractivity contribution < 1.29 is 4.42 Å². The number of anilines is 1. The molecule has 2 heterocycles. The fraction of sp³-hybridized carbons (Fsp3) is 0.250. The maximum atomic E-state index is 5.42. The van der Waals surface area contributed by atoms with E-state index in [0.29, 0.717) is 11.8 Å². The van der Waals surface area contributed by atoms with E-state index in [-0.39, 0.29) is 0 Å². The Bertz CT molecular complexity index is 429. The van der Waals surface area contributed by atoms with Gasteiger partial charge in [0.25, 0.3) is 0 Å². The molecule has 0 aromatic carbocycles. The highest BCUT2D eigenvalue weighted by molar-refractivity contribution is 5.56. The zero-order chi connectivity index (χ0) is 9.42. The maximum absolute atomic E-state index is 5.42. The Morgan fingerprint density at radius 1 is 1.46 bits per heavy atom. The number of nitrogens with zero attached hydrogens (tertiary/aromatic N) is 3. The van der Waals surface area contributed by atoms with Crippen LogP contribution in [0.3, 0.4) is 0 Å². The quantitative estimate of drug-likeness (QED) is 0.706. The van der Waals surface area contributed by atoms with Gasteiger partial charge in [0.1, 0.15) is 0 Å². The van der Waals surface area contributed by atoms with Crippen LogP contribution in [-0.2, 0) is 7.05 Å². The Hall–Kier alpha value is -1.78. The molecule has 2 N–H and O–H groups in total. The summed E-state index contributed by atoms with van der Waals surface area (Å²) in [6.07, 6.45) is 3.20. The molecule has 0 atom stereocenters. The van der Waals surface area contributed by atoms with Crippen LogP contribution in [0.5, 0.6) is 0 Å². The van der Waals surface area contributed by atoms with Gasteiger partial charge in [0.15, 0.2) is 0 Å². The summed E-state index contributed by atoms with van der Waals surface area (Å²) in [5.41, 5.74) is 7.29. The highest BCUT2D eigenvalue weighted by atomic mass is 16.4. The average Bonchev–Trinajstić information content (AvgIpc) is 2.62. The third-order valence-electron chi connectivity index (χ3n) is 1.99. The van der Waals surface area contributed by atoms with Crippen LogP contribution in [0.25, 0.3) is 11.5 Å². The second-order valence-corrected chi connectivity index (χ2v) is 2.84. The molecule has 0 amide bonds. The molecule has 2 rings (SSSR count). The third-order valence-corrected chi connectivity index (χ3v) is 1.99. The first-order valence-corrected chi connectivity index (χ1v) is 3.89. The van der Waals surface area contributed by atoms with Gasteiger partial charge in [-0.15, -0.1) is 0 Å². The van der Waals surface area contributed by atoms with Gasteiger partial charge in [0.05, 0.1) is 18.0 Å². The number of nitrogens with two attached hydrogens (primary N) is 1. The number of oxazole rings is 1.